The lowest BCUT2D eigenvalue weighted by atomic mass is 10.1. The van der Waals surface area contributed by atoms with Crippen LogP contribution in [0.3, 0.4) is 0 Å². The molecule has 0 unspecified atom stereocenters. The van der Waals surface area contributed by atoms with Gasteiger partial charge in [0.2, 0.25) is 0 Å². The van der Waals surface area contributed by atoms with Gasteiger partial charge in [-0.2, -0.15) is 0 Å². The second-order valence-electron chi connectivity index (χ2n) is 11.3. The molecule has 0 radical (unpaired) electrons. The van der Waals surface area contributed by atoms with Crippen LogP contribution in [0.2, 0.25) is 0 Å². The lowest BCUT2D eigenvalue weighted by Crippen LogP contribution is -3.00. The molecule has 0 atom stereocenters. The van der Waals surface area contributed by atoms with Crippen LogP contribution in [-0.4, -0.2) is 62.2 Å². The highest BCUT2D eigenvalue weighted by Crippen LogP contribution is 2.28. The molecule has 36 heavy (non-hydrogen) atoms. The number of quaternary nitrogens is 1. The molecule has 0 fully saturated rings. The zero-order chi connectivity index (χ0) is 26.2. The number of amides is 1. The third kappa shape index (κ3) is 10.5. The zero-order valence-corrected chi connectivity index (χ0v) is 25.0. The topological polar surface area (TPSA) is 59.8 Å². The van der Waals surface area contributed by atoms with E-state index in [1.165, 1.54) is 11.6 Å². The molecule has 0 saturated carbocycles. The van der Waals surface area contributed by atoms with Crippen molar-refractivity contribution in [3.63, 3.8) is 0 Å². The molecule has 202 valence electrons. The van der Waals surface area contributed by atoms with Crippen molar-refractivity contribution in [1.29, 1.82) is 0 Å². The third-order valence-corrected chi connectivity index (χ3v) is 5.82. The summed E-state index contributed by atoms with van der Waals surface area (Å²) < 4.78 is 12.3. The number of fused-ring (bicyclic) bond motifs is 1. The van der Waals surface area contributed by atoms with Gasteiger partial charge in [-0.05, 0) is 50.3 Å². The molecule has 7 heteroatoms. The molecular formula is C29H45BrN2O4. The molecule has 0 aliphatic rings. The van der Waals surface area contributed by atoms with Gasteiger partial charge in [0, 0.05) is 36.5 Å². The van der Waals surface area contributed by atoms with Crippen molar-refractivity contribution in [3.05, 3.63) is 51.9 Å². The smallest absolute Gasteiger partial charge is 0.336 e. The normalized spacial score (nSPS) is 11.5. The van der Waals surface area contributed by atoms with E-state index >= 15 is 0 Å². The summed E-state index contributed by atoms with van der Waals surface area (Å²) in [6.07, 6.45) is 3.56. The second kappa shape index (κ2) is 14.6. The number of carbonyl (C=O) groups excluding carboxylic acids is 1. The monoisotopic (exact) mass is 564 g/mol. The Morgan fingerprint density at radius 2 is 1.67 bits per heavy atom. The first kappa shape index (κ1) is 31.9. The fraction of sp³-hybridized carbons (Fsp3) is 0.586. The van der Waals surface area contributed by atoms with Gasteiger partial charge < -0.3 is 35.5 Å². The molecule has 0 aliphatic heterocycles. The van der Waals surface area contributed by atoms with E-state index in [1.807, 2.05) is 30.9 Å². The Bertz CT molecular complexity index is 1060. The fourth-order valence-electron chi connectivity index (χ4n) is 4.19. The van der Waals surface area contributed by atoms with Crippen molar-refractivity contribution in [3.8, 4) is 5.75 Å². The summed E-state index contributed by atoms with van der Waals surface area (Å²) in [4.78, 5) is 26.9. The number of nitrogens with zero attached hydrogens (tertiary/aromatic N) is 2. The maximum absolute atomic E-state index is 13.0. The summed E-state index contributed by atoms with van der Waals surface area (Å²) in [6.45, 7) is 16.1. The predicted molar refractivity (Wildman–Crippen MR) is 144 cm³/mol. The number of hydrogen-bond acceptors (Lipinski definition) is 4. The largest absolute Gasteiger partial charge is 1.00 e. The Balaban J connectivity index is 0.00000648. The first-order valence-corrected chi connectivity index (χ1v) is 12.8. The van der Waals surface area contributed by atoms with Gasteiger partial charge in [-0.3, -0.25) is 4.79 Å². The van der Waals surface area contributed by atoms with Gasteiger partial charge >= 0.3 is 5.63 Å². The molecule has 1 heterocycles. The summed E-state index contributed by atoms with van der Waals surface area (Å²) in [5, 5.41) is 0.887. The zero-order valence-electron chi connectivity index (χ0n) is 23.4. The molecule has 0 bridgehead atoms. The number of carbonyl (C=O) groups is 1. The van der Waals surface area contributed by atoms with E-state index in [1.54, 1.807) is 6.07 Å². The van der Waals surface area contributed by atoms with Crippen LogP contribution < -0.4 is 27.3 Å². The molecule has 0 aliphatic carbocycles. The van der Waals surface area contributed by atoms with Crippen LogP contribution in [0, 0.1) is 11.8 Å². The van der Waals surface area contributed by atoms with Gasteiger partial charge in [0.1, 0.15) is 11.3 Å². The average molecular weight is 566 g/mol. The molecule has 1 aromatic heterocycles. The Hall–Kier alpha value is -2.12. The highest BCUT2D eigenvalue weighted by Gasteiger charge is 2.25. The van der Waals surface area contributed by atoms with Gasteiger partial charge in [0.15, 0.2) is 6.54 Å². The van der Waals surface area contributed by atoms with Gasteiger partial charge in [-0.25, -0.2) is 4.79 Å². The van der Waals surface area contributed by atoms with E-state index in [4.69, 9.17) is 9.15 Å². The maximum atomic E-state index is 13.0. The molecule has 0 N–H and O–H groups in total. The molecule has 2 rings (SSSR count). The van der Waals surface area contributed by atoms with Gasteiger partial charge in [0.25, 0.3) is 5.91 Å². The van der Waals surface area contributed by atoms with Crippen molar-refractivity contribution in [2.24, 2.45) is 11.8 Å². The Morgan fingerprint density at radius 1 is 1.06 bits per heavy atom. The van der Waals surface area contributed by atoms with E-state index in [0.717, 1.165) is 42.8 Å². The standard InChI is InChI=1S/C29H45N2O4.BrH/c1-21(2)10-13-25-26(14-11-24-12-15-28(33)35-29(24)25)34-17-9-16-31(7,8)20-27(32)30(18-22(3)4)19-23(5)6;/h10-12,14-15,22-23H,9,13,16-20H2,1-8H3;1H/q+1;/p-1. The molecule has 1 amide bonds. The summed E-state index contributed by atoms with van der Waals surface area (Å²) in [6, 6.07) is 7.11. The fourth-order valence-corrected chi connectivity index (χ4v) is 4.19. The van der Waals surface area contributed by atoms with E-state index in [2.05, 4.69) is 47.9 Å². The molecule has 6 nitrogen and oxygen atoms in total. The number of ether oxygens (including phenoxy) is 1. The van der Waals surface area contributed by atoms with Crippen LogP contribution in [0.1, 0.15) is 53.5 Å². The first-order valence-electron chi connectivity index (χ1n) is 12.8. The minimum atomic E-state index is -0.360. The minimum absolute atomic E-state index is 0. The highest BCUT2D eigenvalue weighted by atomic mass is 79.9. The number of rotatable bonds is 13. The average Bonchev–Trinajstić information content (AvgIpc) is 2.74. The number of hydrogen-bond donors (Lipinski definition) is 0. The van der Waals surface area contributed by atoms with Crippen molar-refractivity contribution in [2.45, 2.75) is 54.4 Å². The number of halogens is 1. The SMILES string of the molecule is CC(C)=CCc1c(OCCC[N+](C)(C)CC(=O)N(CC(C)C)CC(C)C)ccc2ccc(=O)oc12.[Br-]. The van der Waals surface area contributed by atoms with Crippen LogP contribution in [0.15, 0.2) is 45.1 Å². The van der Waals surface area contributed by atoms with Crippen LogP contribution >= 0.6 is 0 Å². The van der Waals surface area contributed by atoms with Crippen LogP contribution in [0.5, 0.6) is 5.75 Å². The Morgan fingerprint density at radius 3 is 2.25 bits per heavy atom. The van der Waals surface area contributed by atoms with Gasteiger partial charge in [0.05, 0.1) is 27.2 Å². The lowest BCUT2D eigenvalue weighted by Gasteiger charge is -2.33. The molecule has 0 saturated heterocycles. The highest BCUT2D eigenvalue weighted by molar-refractivity contribution is 5.82. The maximum Gasteiger partial charge on any atom is 0.336 e. The molecule has 2 aromatic rings. The van der Waals surface area contributed by atoms with Crippen molar-refractivity contribution in [2.75, 3.05) is 46.9 Å². The molecular weight excluding hydrogens is 520 g/mol. The summed E-state index contributed by atoms with van der Waals surface area (Å²) in [5.74, 6) is 1.86. The summed E-state index contributed by atoms with van der Waals surface area (Å²) in [5.41, 5.74) is 2.31. The number of allylic oxidation sites excluding steroid dienone is 2. The van der Waals surface area contributed by atoms with Crippen molar-refractivity contribution < 1.29 is 35.4 Å². The quantitative estimate of drug-likeness (QED) is 0.162. The first-order chi connectivity index (χ1) is 16.4. The van der Waals surface area contributed by atoms with Gasteiger partial charge in [-0.15, -0.1) is 0 Å². The molecule has 0 spiro atoms. The minimum Gasteiger partial charge on any atom is -1.00 e. The Labute approximate surface area is 227 Å². The number of benzene rings is 1. The predicted octanol–water partition coefficient (Wildman–Crippen LogP) is 2.29. The molecule has 1 aromatic carbocycles. The van der Waals surface area contributed by atoms with Gasteiger partial charge in [-0.1, -0.05) is 39.3 Å². The lowest BCUT2D eigenvalue weighted by molar-refractivity contribution is -0.882. The van der Waals surface area contributed by atoms with Crippen molar-refractivity contribution >= 4 is 16.9 Å². The second-order valence-corrected chi connectivity index (χ2v) is 11.3. The van der Waals surface area contributed by atoms with E-state index < -0.39 is 0 Å². The van der Waals surface area contributed by atoms with Crippen LogP contribution in [-0.2, 0) is 11.2 Å². The van der Waals surface area contributed by atoms with E-state index in [9.17, 15) is 9.59 Å². The van der Waals surface area contributed by atoms with Crippen molar-refractivity contribution in [1.82, 2.24) is 4.90 Å². The van der Waals surface area contributed by atoms with Crippen LogP contribution in [0.25, 0.3) is 11.0 Å². The third-order valence-electron chi connectivity index (χ3n) is 5.82. The number of likely N-dealkylation sites (N-methyl/N-ethyl adjacent to an activating group) is 1. The van der Waals surface area contributed by atoms with E-state index in [-0.39, 0.29) is 28.5 Å². The van der Waals surface area contributed by atoms with E-state index in [0.29, 0.717) is 41.5 Å². The summed E-state index contributed by atoms with van der Waals surface area (Å²) in [7, 11) is 4.21. The summed E-state index contributed by atoms with van der Waals surface area (Å²) >= 11 is 0. The Kier molecular flexibility index (Phi) is 12.9. The van der Waals surface area contributed by atoms with Crippen LogP contribution in [0.4, 0.5) is 0 Å².